The predicted octanol–water partition coefficient (Wildman–Crippen LogP) is 2.89. The molecule has 3 aromatic rings. The van der Waals surface area contributed by atoms with Gasteiger partial charge in [-0.15, -0.1) is 0 Å². The van der Waals surface area contributed by atoms with Gasteiger partial charge in [0.25, 0.3) is 5.91 Å². The zero-order valence-corrected chi connectivity index (χ0v) is 15.8. The summed E-state index contributed by atoms with van der Waals surface area (Å²) in [5.41, 5.74) is 4.07. The summed E-state index contributed by atoms with van der Waals surface area (Å²) in [7, 11) is 0. The number of rotatable bonds is 5. The van der Waals surface area contributed by atoms with E-state index in [1.54, 1.807) is 23.1 Å². The van der Waals surface area contributed by atoms with Crippen LogP contribution in [0.5, 0.6) is 5.75 Å². The van der Waals surface area contributed by atoms with Gasteiger partial charge >= 0.3 is 0 Å². The van der Waals surface area contributed by atoms with Crippen LogP contribution in [0, 0.1) is 6.92 Å². The van der Waals surface area contributed by atoms with E-state index in [0.717, 1.165) is 22.5 Å². The molecule has 0 radical (unpaired) electrons. The molecule has 146 valence electrons. The van der Waals surface area contributed by atoms with Crippen molar-refractivity contribution in [3.8, 4) is 5.75 Å². The molecule has 6 heteroatoms. The number of aliphatic carboxylic acids is 1. The fourth-order valence-electron chi connectivity index (χ4n) is 3.42. The second-order valence-electron chi connectivity index (χ2n) is 6.84. The fourth-order valence-corrected chi connectivity index (χ4v) is 3.42. The molecular formula is C23H19N2O4-. The van der Waals surface area contributed by atoms with Gasteiger partial charge in [-0.3, -0.25) is 9.69 Å². The Balaban J connectivity index is 1.73. The average molecular weight is 387 g/mol. The number of nitrogens with zero attached hydrogens (tertiary/aromatic N) is 1. The molecule has 0 aromatic heterocycles. The number of ether oxygens (including phenoxy) is 1. The minimum absolute atomic E-state index is 0.0905. The van der Waals surface area contributed by atoms with E-state index in [4.69, 9.17) is 4.74 Å². The van der Waals surface area contributed by atoms with Gasteiger partial charge < -0.3 is 20.0 Å². The number of nitrogens with one attached hydrogen (secondary N) is 1. The fraction of sp³-hybridized carbons (Fsp3) is 0.130. The molecule has 4 rings (SSSR count). The molecule has 0 unspecified atom stereocenters. The SMILES string of the molecule is Cc1cccc(N2C(=O)c3ccccc3N[C@@H]2c2ccc(OCC(=O)[O-])cc2)c1. The number of carbonyl (C=O) groups is 2. The van der Waals surface area contributed by atoms with Crippen LogP contribution in [0.2, 0.25) is 0 Å². The summed E-state index contributed by atoms with van der Waals surface area (Å²) >= 11 is 0. The summed E-state index contributed by atoms with van der Waals surface area (Å²) in [5, 5.41) is 14.0. The van der Waals surface area contributed by atoms with Gasteiger partial charge in [0.2, 0.25) is 0 Å². The van der Waals surface area contributed by atoms with Crippen molar-refractivity contribution in [3.63, 3.8) is 0 Å². The zero-order chi connectivity index (χ0) is 20.4. The largest absolute Gasteiger partial charge is 0.546 e. The lowest BCUT2D eigenvalue weighted by atomic mass is 10.0. The smallest absolute Gasteiger partial charge is 0.262 e. The normalized spacial score (nSPS) is 15.4. The molecule has 0 saturated heterocycles. The van der Waals surface area contributed by atoms with E-state index in [9.17, 15) is 14.7 Å². The van der Waals surface area contributed by atoms with E-state index in [1.165, 1.54) is 0 Å². The summed E-state index contributed by atoms with van der Waals surface area (Å²) in [6.07, 6.45) is -0.422. The number of anilines is 2. The van der Waals surface area contributed by atoms with Crippen LogP contribution in [-0.4, -0.2) is 18.5 Å². The van der Waals surface area contributed by atoms with Gasteiger partial charge in [0.1, 0.15) is 18.5 Å². The number of benzene rings is 3. The Kier molecular flexibility index (Phi) is 4.91. The molecule has 1 aliphatic heterocycles. The molecule has 0 bridgehead atoms. The summed E-state index contributed by atoms with van der Waals surface area (Å²) in [6, 6.07) is 22.2. The van der Waals surface area contributed by atoms with Gasteiger partial charge in [0.05, 0.1) is 11.5 Å². The van der Waals surface area contributed by atoms with Crippen molar-refractivity contribution in [2.24, 2.45) is 0 Å². The van der Waals surface area contributed by atoms with Crippen molar-refractivity contribution in [2.45, 2.75) is 13.1 Å². The quantitative estimate of drug-likeness (QED) is 0.728. The van der Waals surface area contributed by atoms with E-state index in [2.05, 4.69) is 5.32 Å². The minimum Gasteiger partial charge on any atom is -0.546 e. The van der Waals surface area contributed by atoms with Crippen LogP contribution in [0.25, 0.3) is 0 Å². The van der Waals surface area contributed by atoms with Gasteiger partial charge in [0.15, 0.2) is 0 Å². The molecule has 0 fully saturated rings. The van der Waals surface area contributed by atoms with E-state index in [-0.39, 0.29) is 5.91 Å². The first-order chi connectivity index (χ1) is 14.0. The molecular weight excluding hydrogens is 368 g/mol. The number of fused-ring (bicyclic) bond motifs is 1. The molecule has 1 aliphatic rings. The zero-order valence-electron chi connectivity index (χ0n) is 15.8. The number of para-hydroxylation sites is 1. The van der Waals surface area contributed by atoms with Gasteiger partial charge in [-0.25, -0.2) is 0 Å². The van der Waals surface area contributed by atoms with Crippen molar-refractivity contribution >= 4 is 23.3 Å². The second-order valence-corrected chi connectivity index (χ2v) is 6.84. The summed E-state index contributed by atoms with van der Waals surface area (Å²) in [6.45, 7) is 1.47. The number of carboxylic acid groups (broad SMARTS) is 1. The lowest BCUT2D eigenvalue weighted by Crippen LogP contribution is -2.43. The van der Waals surface area contributed by atoms with Crippen molar-refractivity contribution < 1.29 is 19.4 Å². The Morgan fingerprint density at radius 1 is 1.07 bits per heavy atom. The minimum atomic E-state index is -1.28. The molecule has 1 atom stereocenters. The molecule has 1 N–H and O–H groups in total. The van der Waals surface area contributed by atoms with E-state index in [1.807, 2.05) is 61.5 Å². The van der Waals surface area contributed by atoms with Crippen molar-refractivity contribution in [1.82, 2.24) is 0 Å². The van der Waals surface area contributed by atoms with E-state index in [0.29, 0.717) is 11.3 Å². The monoisotopic (exact) mass is 387 g/mol. The van der Waals surface area contributed by atoms with Crippen molar-refractivity contribution in [1.29, 1.82) is 0 Å². The standard InChI is InChI=1S/C23H20N2O4/c1-15-5-4-6-17(13-15)25-22(24-20-8-3-2-7-19(20)23(25)28)16-9-11-18(12-10-16)29-14-21(26)27/h2-13,22,24H,14H2,1H3,(H,26,27)/p-1/t22-/m0/s1. The lowest BCUT2D eigenvalue weighted by Gasteiger charge is -2.38. The van der Waals surface area contributed by atoms with Crippen LogP contribution in [-0.2, 0) is 4.79 Å². The number of amides is 1. The molecule has 0 spiro atoms. The first-order valence-electron chi connectivity index (χ1n) is 9.21. The molecule has 0 saturated carbocycles. The highest BCUT2D eigenvalue weighted by molar-refractivity contribution is 6.12. The topological polar surface area (TPSA) is 81.7 Å². The van der Waals surface area contributed by atoms with Crippen LogP contribution in [0.1, 0.15) is 27.7 Å². The summed E-state index contributed by atoms with van der Waals surface area (Å²) in [4.78, 5) is 25.7. The van der Waals surface area contributed by atoms with Crippen LogP contribution < -0.4 is 20.1 Å². The van der Waals surface area contributed by atoms with Gasteiger partial charge in [-0.2, -0.15) is 0 Å². The second kappa shape index (κ2) is 7.67. The third kappa shape index (κ3) is 3.78. The number of aryl methyl sites for hydroxylation is 1. The maximum Gasteiger partial charge on any atom is 0.262 e. The lowest BCUT2D eigenvalue weighted by molar-refractivity contribution is -0.307. The maximum atomic E-state index is 13.3. The first kappa shape index (κ1) is 18.6. The Bertz CT molecular complexity index is 1060. The Labute approximate surface area is 168 Å². The first-order valence-corrected chi connectivity index (χ1v) is 9.21. The highest BCUT2D eigenvalue weighted by Crippen LogP contribution is 2.37. The highest BCUT2D eigenvalue weighted by atomic mass is 16.5. The van der Waals surface area contributed by atoms with Crippen molar-refractivity contribution in [3.05, 3.63) is 89.5 Å². The van der Waals surface area contributed by atoms with Crippen LogP contribution in [0.15, 0.2) is 72.8 Å². The van der Waals surface area contributed by atoms with Crippen molar-refractivity contribution in [2.75, 3.05) is 16.8 Å². The summed E-state index contributed by atoms with van der Waals surface area (Å²) in [5.74, 6) is -0.953. The van der Waals surface area contributed by atoms with Crippen LogP contribution in [0.4, 0.5) is 11.4 Å². The van der Waals surface area contributed by atoms with Gasteiger partial charge in [0, 0.05) is 11.4 Å². The number of carboxylic acids is 1. The average Bonchev–Trinajstić information content (AvgIpc) is 2.72. The van der Waals surface area contributed by atoms with Crippen LogP contribution in [0.3, 0.4) is 0 Å². The Morgan fingerprint density at radius 2 is 1.83 bits per heavy atom. The molecule has 1 amide bonds. The van der Waals surface area contributed by atoms with E-state index < -0.39 is 18.7 Å². The summed E-state index contributed by atoms with van der Waals surface area (Å²) < 4.78 is 5.15. The van der Waals surface area contributed by atoms with Gasteiger partial charge in [-0.1, -0.05) is 36.4 Å². The third-order valence-electron chi connectivity index (χ3n) is 4.76. The number of hydrogen-bond acceptors (Lipinski definition) is 5. The molecule has 0 aliphatic carbocycles. The number of carbonyl (C=O) groups excluding carboxylic acids is 2. The molecule has 1 heterocycles. The van der Waals surface area contributed by atoms with Crippen LogP contribution >= 0.6 is 0 Å². The molecule has 29 heavy (non-hydrogen) atoms. The number of hydrogen-bond donors (Lipinski definition) is 1. The Morgan fingerprint density at radius 3 is 2.55 bits per heavy atom. The van der Waals surface area contributed by atoms with Gasteiger partial charge in [-0.05, 0) is 54.4 Å². The predicted molar refractivity (Wildman–Crippen MR) is 108 cm³/mol. The Hall–Kier alpha value is -3.80. The third-order valence-corrected chi connectivity index (χ3v) is 4.76. The molecule has 6 nitrogen and oxygen atoms in total. The highest BCUT2D eigenvalue weighted by Gasteiger charge is 2.33. The van der Waals surface area contributed by atoms with E-state index >= 15 is 0 Å². The maximum absolute atomic E-state index is 13.3. The molecule has 3 aromatic carbocycles.